The molecule has 3 rings (SSSR count). The molecule has 0 aromatic heterocycles. The molecule has 1 amide bonds. The monoisotopic (exact) mass is 394 g/mol. The first kappa shape index (κ1) is 21.1. The molecule has 7 nitrogen and oxygen atoms in total. The van der Waals surface area contributed by atoms with Gasteiger partial charge >= 0.3 is 11.9 Å². The van der Waals surface area contributed by atoms with Crippen LogP contribution in [-0.2, 0) is 14.4 Å². The minimum Gasteiger partial charge on any atom is -0.480 e. The van der Waals surface area contributed by atoms with Crippen LogP contribution >= 0.6 is 0 Å². The van der Waals surface area contributed by atoms with Gasteiger partial charge in [0.05, 0.1) is 6.04 Å². The van der Waals surface area contributed by atoms with E-state index in [9.17, 15) is 24.6 Å². The topological polar surface area (TPSA) is 107 Å². The molecule has 0 aromatic rings. The largest absolute Gasteiger partial charge is 0.480 e. The highest BCUT2D eigenvalue weighted by molar-refractivity contribution is 5.86. The SMILES string of the molecule is O=C(O)CN1C(=O)[C@@H](N[C@@H](CCC2CCCCC2)C(=O)O)CC[C@@H]2CCC[C@H]21. The number of nitrogens with zero attached hydrogens (tertiary/aromatic N) is 1. The van der Waals surface area contributed by atoms with Crippen molar-refractivity contribution in [3.63, 3.8) is 0 Å². The number of carboxylic acids is 2. The van der Waals surface area contributed by atoms with Crippen molar-refractivity contribution in [3.05, 3.63) is 0 Å². The van der Waals surface area contributed by atoms with Gasteiger partial charge in [-0.3, -0.25) is 19.7 Å². The lowest BCUT2D eigenvalue weighted by molar-refractivity contribution is -0.148. The van der Waals surface area contributed by atoms with E-state index in [2.05, 4.69) is 5.32 Å². The first-order valence-corrected chi connectivity index (χ1v) is 11.0. The Morgan fingerprint density at radius 2 is 1.75 bits per heavy atom. The second kappa shape index (κ2) is 9.72. The van der Waals surface area contributed by atoms with Crippen LogP contribution in [0.25, 0.3) is 0 Å². The number of carboxylic acid groups (broad SMARTS) is 2. The summed E-state index contributed by atoms with van der Waals surface area (Å²) in [5.41, 5.74) is 0. The molecule has 1 saturated heterocycles. The van der Waals surface area contributed by atoms with Crippen LogP contribution in [0.2, 0.25) is 0 Å². The lowest BCUT2D eigenvalue weighted by atomic mass is 9.85. The van der Waals surface area contributed by atoms with Crippen LogP contribution in [0, 0.1) is 11.8 Å². The Hall–Kier alpha value is -1.63. The molecule has 0 unspecified atom stereocenters. The van der Waals surface area contributed by atoms with Crippen LogP contribution in [0.4, 0.5) is 0 Å². The van der Waals surface area contributed by atoms with Crippen LogP contribution in [0.3, 0.4) is 0 Å². The van der Waals surface area contributed by atoms with Crippen LogP contribution < -0.4 is 5.32 Å². The Kier molecular flexibility index (Phi) is 7.32. The maximum atomic E-state index is 13.1. The molecule has 158 valence electrons. The van der Waals surface area contributed by atoms with Crippen LogP contribution in [0.15, 0.2) is 0 Å². The third kappa shape index (κ3) is 5.25. The van der Waals surface area contributed by atoms with Gasteiger partial charge in [0.1, 0.15) is 12.6 Å². The Labute approximate surface area is 166 Å². The molecule has 0 aromatic carbocycles. The quantitative estimate of drug-likeness (QED) is 0.584. The number of rotatable bonds is 8. The van der Waals surface area contributed by atoms with Crippen molar-refractivity contribution in [1.82, 2.24) is 10.2 Å². The molecule has 4 atom stereocenters. The maximum Gasteiger partial charge on any atom is 0.323 e. The highest BCUT2D eigenvalue weighted by Gasteiger charge is 2.42. The van der Waals surface area contributed by atoms with Gasteiger partial charge in [-0.1, -0.05) is 38.5 Å². The number of hydrogen-bond acceptors (Lipinski definition) is 4. The number of carbonyl (C=O) groups excluding carboxylic acids is 1. The van der Waals surface area contributed by atoms with Gasteiger partial charge in [-0.25, -0.2) is 0 Å². The molecule has 0 spiro atoms. The van der Waals surface area contributed by atoms with Gasteiger partial charge in [0, 0.05) is 6.04 Å². The summed E-state index contributed by atoms with van der Waals surface area (Å²) < 4.78 is 0. The van der Waals surface area contributed by atoms with E-state index >= 15 is 0 Å². The molecular weight excluding hydrogens is 360 g/mol. The molecule has 0 bridgehead atoms. The fraction of sp³-hybridized carbons (Fsp3) is 0.857. The zero-order valence-electron chi connectivity index (χ0n) is 16.6. The number of nitrogens with one attached hydrogen (secondary N) is 1. The zero-order valence-corrected chi connectivity index (χ0v) is 16.6. The number of aliphatic carboxylic acids is 2. The fourth-order valence-corrected chi connectivity index (χ4v) is 5.53. The van der Waals surface area contributed by atoms with E-state index in [1.165, 1.54) is 37.0 Å². The van der Waals surface area contributed by atoms with E-state index in [4.69, 9.17) is 0 Å². The summed E-state index contributed by atoms with van der Waals surface area (Å²) in [4.78, 5) is 37.7. The Balaban J connectivity index is 1.64. The van der Waals surface area contributed by atoms with Crippen molar-refractivity contribution >= 4 is 17.8 Å². The van der Waals surface area contributed by atoms with Crippen molar-refractivity contribution in [2.75, 3.05) is 6.54 Å². The molecule has 3 N–H and O–H groups in total. The lowest BCUT2D eigenvalue weighted by Gasteiger charge is -2.31. The molecule has 2 aliphatic carbocycles. The van der Waals surface area contributed by atoms with Gasteiger partial charge in [-0.05, 0) is 50.4 Å². The molecular formula is C21H34N2O5. The van der Waals surface area contributed by atoms with E-state index in [-0.39, 0.29) is 18.5 Å². The van der Waals surface area contributed by atoms with Crippen molar-refractivity contribution < 1.29 is 24.6 Å². The summed E-state index contributed by atoms with van der Waals surface area (Å²) in [7, 11) is 0. The standard InChI is InChI=1S/C21H34N2O5/c24-19(25)13-23-18-8-4-7-15(18)10-12-16(20(23)26)22-17(21(27)28)11-9-14-5-2-1-3-6-14/h14-18,22H,1-13H2,(H,24,25)(H,27,28)/t15-,16-,17-,18+/m0/s1. The Morgan fingerprint density at radius 3 is 2.43 bits per heavy atom. The Bertz CT molecular complexity index is 575. The van der Waals surface area contributed by atoms with Crippen molar-refractivity contribution in [2.45, 2.75) is 95.2 Å². The second-order valence-electron chi connectivity index (χ2n) is 8.89. The maximum absolute atomic E-state index is 13.1. The van der Waals surface area contributed by atoms with E-state index in [0.29, 0.717) is 24.7 Å². The first-order valence-electron chi connectivity index (χ1n) is 11.0. The number of carbonyl (C=O) groups is 3. The normalized spacial score (nSPS) is 29.9. The third-order valence-corrected chi connectivity index (χ3v) is 7.02. The summed E-state index contributed by atoms with van der Waals surface area (Å²) in [6.07, 6.45) is 11.8. The molecule has 7 heteroatoms. The average Bonchev–Trinajstić information content (AvgIpc) is 3.09. The highest BCUT2D eigenvalue weighted by atomic mass is 16.4. The number of amides is 1. The van der Waals surface area contributed by atoms with Crippen molar-refractivity contribution in [3.8, 4) is 0 Å². The summed E-state index contributed by atoms with van der Waals surface area (Å²) in [6.45, 7) is -0.294. The predicted molar refractivity (Wildman–Crippen MR) is 104 cm³/mol. The Morgan fingerprint density at radius 1 is 1.00 bits per heavy atom. The van der Waals surface area contributed by atoms with Crippen LogP contribution in [0.5, 0.6) is 0 Å². The average molecular weight is 395 g/mol. The van der Waals surface area contributed by atoms with E-state index in [1.54, 1.807) is 0 Å². The summed E-state index contributed by atoms with van der Waals surface area (Å²) in [6, 6.07) is -1.36. The van der Waals surface area contributed by atoms with Crippen molar-refractivity contribution in [2.24, 2.45) is 11.8 Å². The van der Waals surface area contributed by atoms with Gasteiger partial charge < -0.3 is 15.1 Å². The summed E-state index contributed by atoms with van der Waals surface area (Å²) in [5.74, 6) is -1.24. The molecule has 1 aliphatic heterocycles. The number of likely N-dealkylation sites (tertiary alicyclic amines) is 1. The van der Waals surface area contributed by atoms with Gasteiger partial charge in [0.25, 0.3) is 0 Å². The third-order valence-electron chi connectivity index (χ3n) is 7.02. The van der Waals surface area contributed by atoms with Crippen LogP contribution in [0.1, 0.15) is 77.0 Å². The van der Waals surface area contributed by atoms with Crippen molar-refractivity contribution in [1.29, 1.82) is 0 Å². The molecule has 1 heterocycles. The molecule has 0 radical (unpaired) electrons. The molecule has 3 fully saturated rings. The molecule has 28 heavy (non-hydrogen) atoms. The fourth-order valence-electron chi connectivity index (χ4n) is 5.53. The van der Waals surface area contributed by atoms with Crippen LogP contribution in [-0.4, -0.2) is 57.6 Å². The van der Waals surface area contributed by atoms with Gasteiger partial charge in [-0.2, -0.15) is 0 Å². The smallest absolute Gasteiger partial charge is 0.323 e. The first-order chi connectivity index (χ1) is 13.5. The highest BCUT2D eigenvalue weighted by Crippen LogP contribution is 2.36. The minimum absolute atomic E-state index is 0.0130. The molecule has 2 saturated carbocycles. The second-order valence-corrected chi connectivity index (χ2v) is 8.89. The minimum atomic E-state index is -1.01. The van der Waals surface area contributed by atoms with Gasteiger partial charge in [-0.15, -0.1) is 0 Å². The molecule has 3 aliphatic rings. The van der Waals surface area contributed by atoms with E-state index in [1.807, 2.05) is 0 Å². The van der Waals surface area contributed by atoms with Gasteiger partial charge in [0.2, 0.25) is 5.91 Å². The summed E-state index contributed by atoms with van der Waals surface area (Å²) >= 11 is 0. The lowest BCUT2D eigenvalue weighted by Crippen LogP contribution is -2.54. The van der Waals surface area contributed by atoms with E-state index in [0.717, 1.165) is 32.1 Å². The summed E-state index contributed by atoms with van der Waals surface area (Å²) in [5, 5.41) is 22.0. The van der Waals surface area contributed by atoms with E-state index < -0.39 is 24.0 Å². The predicted octanol–water partition coefficient (Wildman–Crippen LogP) is 2.63. The number of hydrogen-bond donors (Lipinski definition) is 3. The number of fused-ring (bicyclic) bond motifs is 1. The zero-order chi connectivity index (χ0) is 20.1. The van der Waals surface area contributed by atoms with Gasteiger partial charge in [0.15, 0.2) is 0 Å².